The predicted octanol–water partition coefficient (Wildman–Crippen LogP) is 2.06. The van der Waals surface area contributed by atoms with Crippen molar-refractivity contribution in [3.05, 3.63) is 29.3 Å². The zero-order valence-corrected chi connectivity index (χ0v) is 7.38. The fourth-order valence-electron chi connectivity index (χ4n) is 0.948. The van der Waals surface area contributed by atoms with Crippen LogP contribution in [0.4, 0.5) is 8.78 Å². The fraction of sp³-hybridized carbons (Fsp3) is 0.222. The minimum Gasteiger partial charge on any atom is -0.491 e. The van der Waals surface area contributed by atoms with Crippen molar-refractivity contribution in [1.82, 2.24) is 0 Å². The number of ether oxygens (including phenoxy) is 1. The number of hydrogen-bond acceptors (Lipinski definition) is 2. The fourth-order valence-corrected chi connectivity index (χ4v) is 0.948. The Morgan fingerprint density at radius 1 is 1.50 bits per heavy atom. The summed E-state index contributed by atoms with van der Waals surface area (Å²) in [6.07, 6.45) is 0. The normalized spacial score (nSPS) is 9.93. The molecule has 1 rings (SSSR count). The molecule has 0 aliphatic carbocycles. The summed E-state index contributed by atoms with van der Waals surface area (Å²) in [5.74, 6) is -4.11. The SMILES string of the molecule is CCOc1cc(C(=O)O)cc(F)c1F. The van der Waals surface area contributed by atoms with Gasteiger partial charge < -0.3 is 9.84 Å². The lowest BCUT2D eigenvalue weighted by atomic mass is 10.2. The van der Waals surface area contributed by atoms with E-state index in [0.717, 1.165) is 6.07 Å². The van der Waals surface area contributed by atoms with Crippen LogP contribution in [0.25, 0.3) is 0 Å². The first-order valence-corrected chi connectivity index (χ1v) is 3.91. The summed E-state index contributed by atoms with van der Waals surface area (Å²) >= 11 is 0. The second-order valence-corrected chi connectivity index (χ2v) is 2.51. The molecule has 3 nitrogen and oxygen atoms in total. The molecular weight excluding hydrogens is 194 g/mol. The molecule has 5 heteroatoms. The van der Waals surface area contributed by atoms with Gasteiger partial charge in [-0.1, -0.05) is 0 Å². The van der Waals surface area contributed by atoms with Gasteiger partial charge in [0.15, 0.2) is 11.6 Å². The molecule has 0 atom stereocenters. The lowest BCUT2D eigenvalue weighted by molar-refractivity contribution is 0.0695. The highest BCUT2D eigenvalue weighted by Crippen LogP contribution is 2.22. The molecule has 1 aromatic rings. The zero-order chi connectivity index (χ0) is 10.7. The molecule has 0 saturated carbocycles. The van der Waals surface area contributed by atoms with Crippen molar-refractivity contribution in [1.29, 1.82) is 0 Å². The van der Waals surface area contributed by atoms with E-state index in [-0.39, 0.29) is 17.9 Å². The van der Waals surface area contributed by atoms with Gasteiger partial charge in [0.25, 0.3) is 0 Å². The molecule has 0 bridgehead atoms. The molecule has 1 aromatic carbocycles. The van der Waals surface area contributed by atoms with Crippen molar-refractivity contribution in [2.24, 2.45) is 0 Å². The number of carboxylic acid groups (broad SMARTS) is 1. The molecule has 0 fully saturated rings. The Hall–Kier alpha value is -1.65. The first-order chi connectivity index (χ1) is 6.56. The van der Waals surface area contributed by atoms with Crippen molar-refractivity contribution in [2.75, 3.05) is 6.61 Å². The number of aromatic carboxylic acids is 1. The third kappa shape index (κ3) is 1.99. The van der Waals surface area contributed by atoms with Crippen LogP contribution in [0.2, 0.25) is 0 Å². The second-order valence-electron chi connectivity index (χ2n) is 2.51. The van der Waals surface area contributed by atoms with Crippen LogP contribution in [0, 0.1) is 11.6 Å². The Kier molecular flexibility index (Phi) is 3.01. The smallest absolute Gasteiger partial charge is 0.335 e. The third-order valence-electron chi connectivity index (χ3n) is 1.54. The Labute approximate surface area is 78.9 Å². The third-order valence-corrected chi connectivity index (χ3v) is 1.54. The number of carbonyl (C=O) groups is 1. The van der Waals surface area contributed by atoms with Gasteiger partial charge in [0.05, 0.1) is 12.2 Å². The summed E-state index contributed by atoms with van der Waals surface area (Å²) < 4.78 is 30.5. The van der Waals surface area contributed by atoms with E-state index in [0.29, 0.717) is 6.07 Å². The highest BCUT2D eigenvalue weighted by atomic mass is 19.2. The van der Waals surface area contributed by atoms with Crippen LogP contribution in [0.3, 0.4) is 0 Å². The molecule has 0 aliphatic rings. The van der Waals surface area contributed by atoms with Gasteiger partial charge in [0.2, 0.25) is 5.82 Å². The van der Waals surface area contributed by atoms with Gasteiger partial charge in [-0.25, -0.2) is 9.18 Å². The summed E-state index contributed by atoms with van der Waals surface area (Å²) in [6.45, 7) is 1.73. The standard InChI is InChI=1S/C9H8F2O3/c1-2-14-7-4-5(9(12)13)3-6(10)8(7)11/h3-4H,2H2,1H3,(H,12,13). The first-order valence-electron chi connectivity index (χ1n) is 3.91. The van der Waals surface area contributed by atoms with Gasteiger partial charge in [-0.05, 0) is 19.1 Å². The van der Waals surface area contributed by atoms with Gasteiger partial charge >= 0.3 is 5.97 Å². The van der Waals surface area contributed by atoms with Crippen LogP contribution in [0.1, 0.15) is 17.3 Å². The Balaban J connectivity index is 3.20. The molecule has 14 heavy (non-hydrogen) atoms. The van der Waals surface area contributed by atoms with E-state index in [1.54, 1.807) is 6.92 Å². The molecule has 1 N–H and O–H groups in total. The minimum absolute atomic E-state index is 0.138. The minimum atomic E-state index is -1.33. The van der Waals surface area contributed by atoms with Crippen molar-refractivity contribution >= 4 is 5.97 Å². The van der Waals surface area contributed by atoms with E-state index in [1.807, 2.05) is 0 Å². The number of hydrogen-bond donors (Lipinski definition) is 1. The topological polar surface area (TPSA) is 46.5 Å². The van der Waals surface area contributed by atoms with Gasteiger partial charge in [0.1, 0.15) is 0 Å². The van der Waals surface area contributed by atoms with Gasteiger partial charge in [-0.15, -0.1) is 0 Å². The first kappa shape index (κ1) is 10.4. The molecule has 0 spiro atoms. The van der Waals surface area contributed by atoms with Crippen LogP contribution in [-0.4, -0.2) is 17.7 Å². The van der Waals surface area contributed by atoms with E-state index in [9.17, 15) is 13.6 Å². The van der Waals surface area contributed by atoms with Crippen molar-refractivity contribution < 1.29 is 23.4 Å². The van der Waals surface area contributed by atoms with Crippen LogP contribution in [0.15, 0.2) is 12.1 Å². The van der Waals surface area contributed by atoms with E-state index in [4.69, 9.17) is 9.84 Å². The molecule has 0 saturated heterocycles. The van der Waals surface area contributed by atoms with Crippen molar-refractivity contribution in [3.8, 4) is 5.75 Å². The number of carboxylic acids is 1. The number of halogens is 2. The summed E-state index contributed by atoms with van der Waals surface area (Å²) in [7, 11) is 0. The highest BCUT2D eigenvalue weighted by Gasteiger charge is 2.14. The maximum absolute atomic E-state index is 12.9. The highest BCUT2D eigenvalue weighted by molar-refractivity contribution is 5.88. The van der Waals surface area contributed by atoms with Crippen molar-refractivity contribution in [3.63, 3.8) is 0 Å². The van der Waals surface area contributed by atoms with Crippen LogP contribution >= 0.6 is 0 Å². The summed E-state index contributed by atoms with van der Waals surface area (Å²) in [4.78, 5) is 10.5. The average Bonchev–Trinajstić information content (AvgIpc) is 2.12. The van der Waals surface area contributed by atoms with E-state index in [2.05, 4.69) is 0 Å². The monoisotopic (exact) mass is 202 g/mol. The van der Waals surface area contributed by atoms with Gasteiger partial charge in [-0.3, -0.25) is 0 Å². The molecule has 0 amide bonds. The molecule has 0 heterocycles. The second kappa shape index (κ2) is 4.04. The summed E-state index contributed by atoms with van der Waals surface area (Å²) in [6, 6.07) is 1.56. The zero-order valence-electron chi connectivity index (χ0n) is 7.38. The molecule has 0 radical (unpaired) electrons. The molecule has 0 unspecified atom stereocenters. The lowest BCUT2D eigenvalue weighted by Crippen LogP contribution is -2.02. The molecule has 0 aromatic heterocycles. The van der Waals surface area contributed by atoms with Crippen LogP contribution < -0.4 is 4.74 Å². The Bertz CT molecular complexity index is 363. The van der Waals surface area contributed by atoms with Gasteiger partial charge in [0, 0.05) is 0 Å². The van der Waals surface area contributed by atoms with E-state index in [1.165, 1.54) is 0 Å². The van der Waals surface area contributed by atoms with Crippen LogP contribution in [-0.2, 0) is 0 Å². The van der Waals surface area contributed by atoms with E-state index < -0.39 is 17.6 Å². The maximum atomic E-state index is 12.9. The summed E-state index contributed by atoms with van der Waals surface area (Å²) in [5.41, 5.74) is -0.340. The van der Waals surface area contributed by atoms with Gasteiger partial charge in [-0.2, -0.15) is 4.39 Å². The number of rotatable bonds is 3. The van der Waals surface area contributed by atoms with Crippen molar-refractivity contribution in [2.45, 2.75) is 6.92 Å². The van der Waals surface area contributed by atoms with E-state index >= 15 is 0 Å². The average molecular weight is 202 g/mol. The Morgan fingerprint density at radius 3 is 2.64 bits per heavy atom. The Morgan fingerprint density at radius 2 is 2.14 bits per heavy atom. The maximum Gasteiger partial charge on any atom is 0.335 e. The molecule has 76 valence electrons. The largest absolute Gasteiger partial charge is 0.491 e. The quantitative estimate of drug-likeness (QED) is 0.815. The lowest BCUT2D eigenvalue weighted by Gasteiger charge is -2.05. The summed E-state index contributed by atoms with van der Waals surface area (Å²) in [5, 5.41) is 8.55. The number of benzene rings is 1. The predicted molar refractivity (Wildman–Crippen MR) is 44.5 cm³/mol. The molecule has 0 aliphatic heterocycles. The van der Waals surface area contributed by atoms with Crippen LogP contribution in [0.5, 0.6) is 5.75 Å². The molecular formula is C9H8F2O3.